The van der Waals surface area contributed by atoms with Crippen molar-refractivity contribution in [2.75, 3.05) is 19.8 Å². The molecule has 0 aliphatic carbocycles. The third-order valence-corrected chi connectivity index (χ3v) is 10.6. The van der Waals surface area contributed by atoms with Crippen molar-refractivity contribution in [3.63, 3.8) is 0 Å². The Morgan fingerprint density at radius 1 is 0.640 bits per heavy atom. The first-order valence-corrected chi connectivity index (χ1v) is 22.8. The summed E-state index contributed by atoms with van der Waals surface area (Å²) in [4.78, 5) is 22.6. The van der Waals surface area contributed by atoms with E-state index in [9.17, 15) is 19.4 Å². The van der Waals surface area contributed by atoms with E-state index in [-0.39, 0.29) is 25.7 Å². The van der Waals surface area contributed by atoms with Gasteiger partial charge in [-0.15, -0.1) is 0 Å². The molecular weight excluding hydrogens is 647 g/mol. The molecule has 298 valence electrons. The summed E-state index contributed by atoms with van der Waals surface area (Å²) in [7, 11) is -4.33. The van der Waals surface area contributed by atoms with Crippen LogP contribution in [0, 0.1) is 0 Å². The van der Waals surface area contributed by atoms with Crippen molar-refractivity contribution >= 4 is 13.7 Å². The molecule has 3 atom stereocenters. The van der Waals surface area contributed by atoms with Gasteiger partial charge in [0, 0.05) is 13.0 Å². The first kappa shape index (κ1) is 49.2. The van der Waals surface area contributed by atoms with Crippen LogP contribution in [0.15, 0.2) is 12.2 Å². The van der Waals surface area contributed by atoms with Crippen LogP contribution in [0.3, 0.4) is 0 Å². The van der Waals surface area contributed by atoms with E-state index in [4.69, 9.17) is 14.8 Å². The van der Waals surface area contributed by atoms with Crippen LogP contribution in [-0.4, -0.2) is 47.8 Å². The van der Waals surface area contributed by atoms with E-state index >= 15 is 0 Å². The summed E-state index contributed by atoms with van der Waals surface area (Å²) in [6, 6.07) is -0.853. The van der Waals surface area contributed by atoms with E-state index in [0.717, 1.165) is 38.5 Å². The second kappa shape index (κ2) is 38.0. The number of carbonyl (C=O) groups is 1. The number of phosphoric ester groups is 1. The minimum atomic E-state index is -4.33. The summed E-state index contributed by atoms with van der Waals surface area (Å²) in [5.41, 5.74) is 5.36. The maximum atomic E-state index is 12.7. The molecule has 1 amide bonds. The van der Waals surface area contributed by atoms with Crippen molar-refractivity contribution < 1.29 is 28.4 Å². The summed E-state index contributed by atoms with van der Waals surface area (Å²) in [5, 5.41) is 13.6. The fourth-order valence-corrected chi connectivity index (χ4v) is 7.13. The van der Waals surface area contributed by atoms with Crippen molar-refractivity contribution in [3.8, 4) is 0 Å². The van der Waals surface area contributed by atoms with Crippen molar-refractivity contribution in [1.29, 1.82) is 0 Å². The Morgan fingerprint density at radius 2 is 1.02 bits per heavy atom. The molecule has 0 aromatic heterocycles. The average Bonchev–Trinajstić information content (AvgIpc) is 3.10. The standard InChI is InChI=1S/C41H83N2O6P/c1-3-5-7-9-11-13-15-16-17-18-19-20-21-22-23-24-25-27-29-31-33-35-41(45)43-39(38-49-50(46,47)48-37-36-42)40(44)34-32-30-28-26-14-12-10-8-6-4-2/h32,34,39-40,44H,3-31,33,35-38,42H2,1-2H3,(H,43,45)(H,46,47)/b34-32+/t39-,40+/m0/s1. The molecule has 0 aliphatic rings. The first-order valence-electron chi connectivity index (χ1n) is 21.3. The minimum Gasteiger partial charge on any atom is -0.387 e. The zero-order chi connectivity index (χ0) is 36.8. The van der Waals surface area contributed by atoms with Crippen LogP contribution in [0.5, 0.6) is 0 Å². The van der Waals surface area contributed by atoms with Crippen molar-refractivity contribution in [1.82, 2.24) is 5.32 Å². The third-order valence-electron chi connectivity index (χ3n) is 9.61. The quantitative estimate of drug-likeness (QED) is 0.0280. The Labute approximate surface area is 309 Å². The van der Waals surface area contributed by atoms with Gasteiger partial charge in [0.15, 0.2) is 0 Å². The van der Waals surface area contributed by atoms with E-state index in [1.165, 1.54) is 154 Å². The number of nitrogens with two attached hydrogens (primary N) is 1. The lowest BCUT2D eigenvalue weighted by atomic mass is 10.0. The first-order chi connectivity index (χ1) is 24.4. The Balaban J connectivity index is 4.06. The van der Waals surface area contributed by atoms with Crippen LogP contribution in [0.1, 0.15) is 213 Å². The van der Waals surface area contributed by atoms with Crippen molar-refractivity contribution in [3.05, 3.63) is 12.2 Å². The van der Waals surface area contributed by atoms with Gasteiger partial charge in [0.05, 0.1) is 25.4 Å². The highest BCUT2D eigenvalue weighted by Crippen LogP contribution is 2.43. The molecule has 1 unspecified atom stereocenters. The normalized spacial score (nSPS) is 14.3. The summed E-state index contributed by atoms with van der Waals surface area (Å²) < 4.78 is 22.0. The lowest BCUT2D eigenvalue weighted by Crippen LogP contribution is -2.45. The molecule has 9 heteroatoms. The maximum absolute atomic E-state index is 12.7. The number of aliphatic hydroxyl groups is 1. The van der Waals surface area contributed by atoms with Crippen molar-refractivity contribution in [2.24, 2.45) is 5.73 Å². The molecule has 0 bridgehead atoms. The Morgan fingerprint density at radius 3 is 1.42 bits per heavy atom. The molecule has 0 aromatic carbocycles. The van der Waals surface area contributed by atoms with Gasteiger partial charge in [-0.2, -0.15) is 0 Å². The lowest BCUT2D eigenvalue weighted by Gasteiger charge is -2.23. The number of unbranched alkanes of at least 4 members (excludes halogenated alkanes) is 28. The highest BCUT2D eigenvalue weighted by molar-refractivity contribution is 7.47. The Kier molecular flexibility index (Phi) is 37.4. The second-order valence-corrected chi connectivity index (χ2v) is 16.0. The number of carbonyl (C=O) groups excluding carboxylic acids is 1. The minimum absolute atomic E-state index is 0.0810. The monoisotopic (exact) mass is 731 g/mol. The summed E-state index contributed by atoms with van der Waals surface area (Å²) >= 11 is 0. The predicted octanol–water partition coefficient (Wildman–Crippen LogP) is 11.6. The molecule has 0 heterocycles. The Hall–Kier alpha value is -0.760. The molecule has 50 heavy (non-hydrogen) atoms. The number of hydrogen-bond acceptors (Lipinski definition) is 6. The van der Waals surface area contributed by atoms with Gasteiger partial charge in [0.25, 0.3) is 0 Å². The smallest absolute Gasteiger partial charge is 0.387 e. The largest absolute Gasteiger partial charge is 0.472 e. The maximum Gasteiger partial charge on any atom is 0.472 e. The number of aliphatic hydroxyl groups excluding tert-OH is 1. The molecule has 8 nitrogen and oxygen atoms in total. The Bertz CT molecular complexity index is 799. The molecular formula is C41H83N2O6P. The van der Waals surface area contributed by atoms with Gasteiger partial charge in [0.1, 0.15) is 0 Å². The number of rotatable bonds is 40. The number of phosphoric acid groups is 1. The molecule has 5 N–H and O–H groups in total. The lowest BCUT2D eigenvalue weighted by molar-refractivity contribution is -0.123. The summed E-state index contributed by atoms with van der Waals surface area (Å²) in [5.74, 6) is -0.192. The van der Waals surface area contributed by atoms with Gasteiger partial charge in [0.2, 0.25) is 5.91 Å². The van der Waals surface area contributed by atoms with Gasteiger partial charge in [-0.1, -0.05) is 199 Å². The number of amides is 1. The fourth-order valence-electron chi connectivity index (χ4n) is 6.37. The van der Waals surface area contributed by atoms with E-state index in [0.29, 0.717) is 6.42 Å². The average molecular weight is 731 g/mol. The molecule has 0 radical (unpaired) electrons. The predicted molar refractivity (Wildman–Crippen MR) is 212 cm³/mol. The van der Waals surface area contributed by atoms with Crippen molar-refractivity contribution in [2.45, 2.75) is 225 Å². The van der Waals surface area contributed by atoms with Crippen LogP contribution < -0.4 is 11.1 Å². The fraction of sp³-hybridized carbons (Fsp3) is 0.927. The topological polar surface area (TPSA) is 131 Å². The molecule has 0 fully saturated rings. The number of nitrogens with one attached hydrogen (secondary N) is 1. The zero-order valence-electron chi connectivity index (χ0n) is 32.9. The van der Waals surface area contributed by atoms with Gasteiger partial charge in [-0.3, -0.25) is 13.8 Å². The molecule has 0 spiro atoms. The zero-order valence-corrected chi connectivity index (χ0v) is 33.8. The van der Waals surface area contributed by atoms with E-state index in [2.05, 4.69) is 19.2 Å². The number of hydrogen-bond donors (Lipinski definition) is 4. The summed E-state index contributed by atoms with van der Waals surface area (Å²) in [6.07, 6.45) is 41.3. The highest BCUT2D eigenvalue weighted by atomic mass is 31.2. The van der Waals surface area contributed by atoms with Gasteiger partial charge in [-0.05, 0) is 19.3 Å². The SMILES string of the molecule is CCCCCCCCCC/C=C/[C@@H](O)[C@H](COP(=O)(O)OCCN)NC(=O)CCCCCCCCCCCCCCCCCCCCCCC. The highest BCUT2D eigenvalue weighted by Gasteiger charge is 2.26. The second-order valence-electron chi connectivity index (χ2n) is 14.6. The summed E-state index contributed by atoms with van der Waals surface area (Å²) in [6.45, 7) is 4.13. The molecule has 0 saturated heterocycles. The van der Waals surface area contributed by atoms with E-state index in [1.54, 1.807) is 6.08 Å². The number of allylic oxidation sites excluding steroid dienone is 1. The van der Waals surface area contributed by atoms with Gasteiger partial charge in [-0.25, -0.2) is 4.57 Å². The van der Waals surface area contributed by atoms with E-state index < -0.39 is 20.0 Å². The van der Waals surface area contributed by atoms with Crippen LogP contribution in [0.25, 0.3) is 0 Å². The molecule has 0 rings (SSSR count). The van der Waals surface area contributed by atoms with Crippen LogP contribution in [-0.2, 0) is 18.4 Å². The van der Waals surface area contributed by atoms with Gasteiger partial charge >= 0.3 is 7.82 Å². The van der Waals surface area contributed by atoms with E-state index in [1.807, 2.05) is 6.08 Å². The van der Waals surface area contributed by atoms with Gasteiger partial charge < -0.3 is 21.1 Å². The molecule has 0 aromatic rings. The van der Waals surface area contributed by atoms with Crippen LogP contribution in [0.4, 0.5) is 0 Å². The van der Waals surface area contributed by atoms with Crippen LogP contribution in [0.2, 0.25) is 0 Å². The third kappa shape index (κ3) is 35.6. The van der Waals surface area contributed by atoms with Crippen LogP contribution >= 0.6 is 7.82 Å². The molecule has 0 aliphatic heterocycles. The molecule has 0 saturated carbocycles.